The second-order valence-electron chi connectivity index (χ2n) is 4.50. The summed E-state index contributed by atoms with van der Waals surface area (Å²) in [6.45, 7) is 5.93. The van der Waals surface area contributed by atoms with Crippen LogP contribution in [0.25, 0.3) is 0 Å². The van der Waals surface area contributed by atoms with Crippen molar-refractivity contribution < 1.29 is 4.52 Å². The van der Waals surface area contributed by atoms with Crippen molar-refractivity contribution >= 4 is 0 Å². The predicted octanol–water partition coefficient (Wildman–Crippen LogP) is 1.39. The zero-order chi connectivity index (χ0) is 9.64. The van der Waals surface area contributed by atoms with Crippen LogP contribution in [0.4, 0.5) is 0 Å². The molecule has 1 aromatic rings. The molecule has 0 radical (unpaired) electrons. The Labute approximate surface area is 77.5 Å². The van der Waals surface area contributed by atoms with Gasteiger partial charge in [-0.2, -0.15) is 4.98 Å². The predicted molar refractivity (Wildman–Crippen MR) is 48.0 cm³/mol. The average molecular weight is 181 g/mol. The van der Waals surface area contributed by atoms with E-state index in [2.05, 4.69) is 17.1 Å². The molecule has 1 saturated carbocycles. The summed E-state index contributed by atoms with van der Waals surface area (Å²) in [6.07, 6.45) is 1.16. The Bertz CT molecular complexity index is 313. The third-order valence-electron chi connectivity index (χ3n) is 2.44. The molecule has 4 heteroatoms. The largest absolute Gasteiger partial charge is 0.339 e. The van der Waals surface area contributed by atoms with Gasteiger partial charge in [0.05, 0.1) is 5.54 Å². The van der Waals surface area contributed by atoms with E-state index in [1.807, 2.05) is 13.8 Å². The third-order valence-corrected chi connectivity index (χ3v) is 2.44. The van der Waals surface area contributed by atoms with Crippen molar-refractivity contribution in [1.29, 1.82) is 0 Å². The van der Waals surface area contributed by atoms with Gasteiger partial charge in [-0.1, -0.05) is 12.1 Å². The quantitative estimate of drug-likeness (QED) is 0.748. The van der Waals surface area contributed by atoms with E-state index in [0.29, 0.717) is 17.7 Å². The number of hydrogen-bond acceptors (Lipinski definition) is 4. The average Bonchev–Trinajstić information content (AvgIpc) is 2.57. The number of aromatic nitrogens is 2. The molecule has 0 amide bonds. The van der Waals surface area contributed by atoms with E-state index in [-0.39, 0.29) is 0 Å². The number of rotatable bonds is 2. The van der Waals surface area contributed by atoms with Crippen LogP contribution in [0.2, 0.25) is 0 Å². The molecule has 0 bridgehead atoms. The molecule has 0 aliphatic heterocycles. The van der Waals surface area contributed by atoms with E-state index in [4.69, 9.17) is 10.3 Å². The summed E-state index contributed by atoms with van der Waals surface area (Å²) in [7, 11) is 0. The normalized spacial score (nSPS) is 27.7. The van der Waals surface area contributed by atoms with Gasteiger partial charge in [0.25, 0.3) is 0 Å². The van der Waals surface area contributed by atoms with E-state index >= 15 is 0 Å². The maximum atomic E-state index is 5.84. The van der Waals surface area contributed by atoms with Gasteiger partial charge < -0.3 is 10.3 Å². The van der Waals surface area contributed by atoms with Crippen molar-refractivity contribution in [3.63, 3.8) is 0 Å². The zero-order valence-electron chi connectivity index (χ0n) is 8.24. The van der Waals surface area contributed by atoms with Gasteiger partial charge in [0.15, 0.2) is 5.82 Å². The highest BCUT2D eigenvalue weighted by molar-refractivity contribution is 5.08. The fraction of sp³-hybridized carbons (Fsp3) is 0.778. The lowest BCUT2D eigenvalue weighted by atomic mass is 10.1. The van der Waals surface area contributed by atoms with Gasteiger partial charge in [-0.25, -0.2) is 0 Å². The highest BCUT2D eigenvalue weighted by Gasteiger charge is 2.39. The summed E-state index contributed by atoms with van der Waals surface area (Å²) in [5.41, 5.74) is 5.34. The molecule has 0 spiro atoms. The Morgan fingerprint density at radius 2 is 2.15 bits per heavy atom. The monoisotopic (exact) mass is 181 g/mol. The standard InChI is InChI=1S/C9H15N3O/c1-5-4-6(5)7-11-8(12-13-7)9(2,3)10/h5-6H,4,10H2,1-3H3. The van der Waals surface area contributed by atoms with Crippen LogP contribution in [0.5, 0.6) is 0 Å². The maximum Gasteiger partial charge on any atom is 0.230 e. The van der Waals surface area contributed by atoms with Crippen LogP contribution in [0, 0.1) is 5.92 Å². The minimum atomic E-state index is -0.500. The summed E-state index contributed by atoms with van der Waals surface area (Å²) in [4.78, 5) is 4.29. The fourth-order valence-electron chi connectivity index (χ4n) is 1.31. The molecular weight excluding hydrogens is 166 g/mol. The van der Waals surface area contributed by atoms with Gasteiger partial charge in [0.1, 0.15) is 0 Å². The van der Waals surface area contributed by atoms with Gasteiger partial charge in [-0.05, 0) is 26.2 Å². The molecule has 72 valence electrons. The zero-order valence-corrected chi connectivity index (χ0v) is 8.24. The van der Waals surface area contributed by atoms with Gasteiger partial charge in [-0.3, -0.25) is 0 Å². The first-order valence-electron chi connectivity index (χ1n) is 4.61. The third kappa shape index (κ3) is 1.58. The first-order valence-corrected chi connectivity index (χ1v) is 4.61. The molecule has 1 heterocycles. The molecule has 1 aliphatic rings. The molecule has 1 fully saturated rings. The highest BCUT2D eigenvalue weighted by atomic mass is 16.5. The number of hydrogen-bond donors (Lipinski definition) is 1. The smallest absolute Gasteiger partial charge is 0.230 e. The molecule has 2 unspecified atom stereocenters. The van der Waals surface area contributed by atoms with E-state index in [9.17, 15) is 0 Å². The summed E-state index contributed by atoms with van der Waals surface area (Å²) in [5.74, 6) is 2.51. The second kappa shape index (κ2) is 2.54. The van der Waals surface area contributed by atoms with Gasteiger partial charge in [0.2, 0.25) is 5.89 Å². The van der Waals surface area contributed by atoms with Crippen molar-refractivity contribution in [1.82, 2.24) is 10.1 Å². The molecule has 13 heavy (non-hydrogen) atoms. The Kier molecular flexibility index (Phi) is 1.70. The highest BCUT2D eigenvalue weighted by Crippen LogP contribution is 2.46. The van der Waals surface area contributed by atoms with Gasteiger partial charge in [-0.15, -0.1) is 0 Å². The summed E-state index contributed by atoms with van der Waals surface area (Å²) in [6, 6.07) is 0. The molecule has 2 rings (SSSR count). The van der Waals surface area contributed by atoms with Crippen LogP contribution in [0.15, 0.2) is 4.52 Å². The first kappa shape index (κ1) is 8.69. The maximum absolute atomic E-state index is 5.84. The summed E-state index contributed by atoms with van der Waals surface area (Å²) >= 11 is 0. The minimum Gasteiger partial charge on any atom is -0.339 e. The molecule has 1 aromatic heterocycles. The Morgan fingerprint density at radius 1 is 1.54 bits per heavy atom. The van der Waals surface area contributed by atoms with Gasteiger partial charge in [0, 0.05) is 5.92 Å². The van der Waals surface area contributed by atoms with Crippen LogP contribution >= 0.6 is 0 Å². The van der Waals surface area contributed by atoms with Crippen LogP contribution < -0.4 is 5.73 Å². The van der Waals surface area contributed by atoms with Crippen LogP contribution in [0.3, 0.4) is 0 Å². The van der Waals surface area contributed by atoms with Crippen molar-refractivity contribution in [2.45, 2.75) is 38.6 Å². The number of nitrogens with two attached hydrogens (primary N) is 1. The molecule has 0 saturated heterocycles. The SMILES string of the molecule is CC1CC1c1nc(C(C)(C)N)no1. The lowest BCUT2D eigenvalue weighted by molar-refractivity contribution is 0.359. The molecule has 2 N–H and O–H groups in total. The van der Waals surface area contributed by atoms with E-state index < -0.39 is 5.54 Å². The number of nitrogens with zero attached hydrogens (tertiary/aromatic N) is 2. The lowest BCUT2D eigenvalue weighted by Crippen LogP contribution is -2.30. The Morgan fingerprint density at radius 3 is 2.54 bits per heavy atom. The van der Waals surface area contributed by atoms with Crippen LogP contribution in [0.1, 0.15) is 44.8 Å². The van der Waals surface area contributed by atoms with Crippen molar-refractivity contribution in [3.8, 4) is 0 Å². The molecule has 4 nitrogen and oxygen atoms in total. The van der Waals surface area contributed by atoms with E-state index in [1.165, 1.54) is 0 Å². The van der Waals surface area contributed by atoms with E-state index in [1.54, 1.807) is 0 Å². The Hall–Kier alpha value is -0.900. The van der Waals surface area contributed by atoms with Crippen LogP contribution in [-0.2, 0) is 5.54 Å². The van der Waals surface area contributed by atoms with Crippen molar-refractivity contribution in [2.75, 3.05) is 0 Å². The molecule has 0 aromatic carbocycles. The minimum absolute atomic E-state index is 0.476. The summed E-state index contributed by atoms with van der Waals surface area (Å²) in [5, 5.41) is 3.87. The Balaban J connectivity index is 2.19. The van der Waals surface area contributed by atoms with Gasteiger partial charge >= 0.3 is 0 Å². The van der Waals surface area contributed by atoms with Crippen molar-refractivity contribution in [2.24, 2.45) is 11.7 Å². The molecular formula is C9H15N3O. The van der Waals surface area contributed by atoms with E-state index in [0.717, 1.165) is 12.3 Å². The lowest BCUT2D eigenvalue weighted by Gasteiger charge is -2.11. The fourth-order valence-corrected chi connectivity index (χ4v) is 1.31. The molecule has 2 atom stereocenters. The molecule has 1 aliphatic carbocycles. The van der Waals surface area contributed by atoms with Crippen molar-refractivity contribution in [3.05, 3.63) is 11.7 Å². The summed E-state index contributed by atoms with van der Waals surface area (Å²) < 4.78 is 5.14. The van der Waals surface area contributed by atoms with Crippen LogP contribution in [-0.4, -0.2) is 10.1 Å². The second-order valence-corrected chi connectivity index (χ2v) is 4.50. The first-order chi connectivity index (χ1) is 5.98. The topological polar surface area (TPSA) is 64.9 Å².